The minimum Gasteiger partial charge on any atom is -0.310 e. The fourth-order valence-electron chi connectivity index (χ4n) is 3.56. The summed E-state index contributed by atoms with van der Waals surface area (Å²) < 4.78 is 25.9. The van der Waals surface area contributed by atoms with E-state index in [0.717, 1.165) is 18.1 Å². The molecule has 0 spiro atoms. The highest BCUT2D eigenvalue weighted by atomic mass is 32.2. The van der Waals surface area contributed by atoms with Crippen molar-refractivity contribution in [3.63, 3.8) is 0 Å². The first-order valence-corrected chi connectivity index (χ1v) is 11.2. The van der Waals surface area contributed by atoms with Gasteiger partial charge in [0.05, 0.1) is 5.75 Å². The van der Waals surface area contributed by atoms with E-state index in [1.54, 1.807) is 4.31 Å². The average molecular weight is 335 g/mol. The summed E-state index contributed by atoms with van der Waals surface area (Å²) in [6, 6.07) is 1.12. The number of nitrogens with zero attached hydrogens (tertiary/aromatic N) is 1. The molecule has 0 aromatic heterocycles. The van der Waals surface area contributed by atoms with E-state index in [2.05, 4.69) is 11.6 Å². The van der Waals surface area contributed by atoms with Gasteiger partial charge in [-0.05, 0) is 38.4 Å². The molecule has 1 N–H and O–H groups in total. The summed E-state index contributed by atoms with van der Waals surface area (Å²) in [5.41, 5.74) is 0. The number of hydrogen-bond acceptors (Lipinski definition) is 4. The van der Waals surface area contributed by atoms with E-state index >= 15 is 0 Å². The van der Waals surface area contributed by atoms with Gasteiger partial charge in [-0.1, -0.05) is 19.8 Å². The standard InChI is InChI=1S/C15H30N2O2S2/c1-3-12-21(18,19)17-10-8-13(9-11-17)16-14-6-4-5-7-15(14)20-2/h13-16H,3-12H2,1-2H3/t14-,15-/m1/s1. The van der Waals surface area contributed by atoms with E-state index in [0.29, 0.717) is 37.3 Å². The van der Waals surface area contributed by atoms with Crippen molar-refractivity contribution < 1.29 is 8.42 Å². The van der Waals surface area contributed by atoms with Gasteiger partial charge in [0.25, 0.3) is 0 Å². The second-order valence-corrected chi connectivity index (χ2v) is 9.49. The van der Waals surface area contributed by atoms with Crippen LogP contribution in [0.25, 0.3) is 0 Å². The van der Waals surface area contributed by atoms with E-state index in [4.69, 9.17) is 0 Å². The van der Waals surface area contributed by atoms with Crippen molar-refractivity contribution in [1.82, 2.24) is 9.62 Å². The van der Waals surface area contributed by atoms with Gasteiger partial charge in [-0.15, -0.1) is 0 Å². The zero-order valence-electron chi connectivity index (χ0n) is 13.4. The first kappa shape index (κ1) is 17.6. The Morgan fingerprint density at radius 2 is 1.81 bits per heavy atom. The summed E-state index contributed by atoms with van der Waals surface area (Å²) >= 11 is 1.99. The molecule has 1 aliphatic carbocycles. The Morgan fingerprint density at radius 1 is 1.14 bits per heavy atom. The lowest BCUT2D eigenvalue weighted by Crippen LogP contribution is -2.51. The van der Waals surface area contributed by atoms with Crippen molar-refractivity contribution in [3.8, 4) is 0 Å². The molecule has 1 saturated carbocycles. The van der Waals surface area contributed by atoms with E-state index in [1.165, 1.54) is 25.7 Å². The van der Waals surface area contributed by atoms with Crippen LogP contribution in [-0.4, -0.2) is 55.2 Å². The topological polar surface area (TPSA) is 49.4 Å². The largest absolute Gasteiger partial charge is 0.310 e. The molecule has 0 radical (unpaired) electrons. The van der Waals surface area contributed by atoms with E-state index < -0.39 is 10.0 Å². The Bertz CT molecular complexity index is 406. The molecule has 124 valence electrons. The van der Waals surface area contributed by atoms with E-state index in [-0.39, 0.29) is 0 Å². The summed E-state index contributed by atoms with van der Waals surface area (Å²) in [5, 5.41) is 4.56. The van der Waals surface area contributed by atoms with Crippen LogP contribution in [0.4, 0.5) is 0 Å². The van der Waals surface area contributed by atoms with Crippen molar-refractivity contribution in [3.05, 3.63) is 0 Å². The summed E-state index contributed by atoms with van der Waals surface area (Å²) in [6.45, 7) is 3.31. The SMILES string of the molecule is CCCS(=O)(=O)N1CCC(N[C@@H]2CCCC[C@H]2SC)CC1. The molecule has 0 bridgehead atoms. The number of thioether (sulfide) groups is 1. The second kappa shape index (κ2) is 8.18. The van der Waals surface area contributed by atoms with Gasteiger partial charge in [0.1, 0.15) is 0 Å². The first-order valence-electron chi connectivity index (χ1n) is 8.33. The van der Waals surface area contributed by atoms with Crippen molar-refractivity contribution >= 4 is 21.8 Å². The molecule has 1 heterocycles. The van der Waals surface area contributed by atoms with Crippen LogP contribution in [-0.2, 0) is 10.0 Å². The first-order chi connectivity index (χ1) is 10.1. The highest BCUT2D eigenvalue weighted by Gasteiger charge is 2.31. The lowest BCUT2D eigenvalue weighted by molar-refractivity contribution is 0.255. The van der Waals surface area contributed by atoms with Gasteiger partial charge >= 0.3 is 0 Å². The highest BCUT2D eigenvalue weighted by molar-refractivity contribution is 7.99. The third-order valence-corrected chi connectivity index (χ3v) is 8.01. The molecular formula is C15H30N2O2S2. The molecule has 0 unspecified atom stereocenters. The van der Waals surface area contributed by atoms with Gasteiger partial charge in [0.15, 0.2) is 0 Å². The molecule has 0 aromatic rings. The minimum atomic E-state index is -3.00. The van der Waals surface area contributed by atoms with Crippen LogP contribution >= 0.6 is 11.8 Å². The molecule has 0 aromatic carbocycles. The maximum Gasteiger partial charge on any atom is 0.214 e. The van der Waals surface area contributed by atoms with Crippen molar-refractivity contribution in [1.29, 1.82) is 0 Å². The summed E-state index contributed by atoms with van der Waals surface area (Å²) in [5.74, 6) is 0.294. The highest BCUT2D eigenvalue weighted by Crippen LogP contribution is 2.28. The Hall–Kier alpha value is 0.220. The molecule has 0 amide bonds. The third-order valence-electron chi connectivity index (χ3n) is 4.76. The maximum atomic E-state index is 12.1. The molecule has 2 rings (SSSR count). The zero-order valence-corrected chi connectivity index (χ0v) is 15.0. The van der Waals surface area contributed by atoms with Gasteiger partial charge in [0.2, 0.25) is 10.0 Å². The predicted octanol–water partition coefficient (Wildman–Crippen LogP) is 2.45. The molecule has 2 fully saturated rings. The molecule has 2 aliphatic rings. The van der Waals surface area contributed by atoms with Crippen LogP contribution in [0, 0.1) is 0 Å². The zero-order chi connectivity index (χ0) is 15.3. The Labute approximate surface area is 134 Å². The predicted molar refractivity (Wildman–Crippen MR) is 91.4 cm³/mol. The molecule has 1 aliphatic heterocycles. The molecular weight excluding hydrogens is 304 g/mol. The van der Waals surface area contributed by atoms with Crippen molar-refractivity contribution in [2.75, 3.05) is 25.1 Å². The van der Waals surface area contributed by atoms with Crippen molar-refractivity contribution in [2.24, 2.45) is 0 Å². The molecule has 2 atom stereocenters. The summed E-state index contributed by atoms with van der Waals surface area (Å²) in [6.07, 6.45) is 10.1. The van der Waals surface area contributed by atoms with Gasteiger partial charge in [0, 0.05) is 30.4 Å². The van der Waals surface area contributed by atoms with Gasteiger partial charge in [-0.2, -0.15) is 11.8 Å². The van der Waals surface area contributed by atoms with Crippen molar-refractivity contribution in [2.45, 2.75) is 69.2 Å². The van der Waals surface area contributed by atoms with Gasteiger partial charge < -0.3 is 5.32 Å². The van der Waals surface area contributed by atoms with Crippen LogP contribution in [0.1, 0.15) is 51.9 Å². The lowest BCUT2D eigenvalue weighted by atomic mass is 9.93. The number of nitrogens with one attached hydrogen (secondary N) is 1. The Balaban J connectivity index is 1.81. The molecule has 21 heavy (non-hydrogen) atoms. The lowest BCUT2D eigenvalue weighted by Gasteiger charge is -2.37. The van der Waals surface area contributed by atoms with Gasteiger partial charge in [-0.25, -0.2) is 12.7 Å². The smallest absolute Gasteiger partial charge is 0.214 e. The van der Waals surface area contributed by atoms with E-state index in [9.17, 15) is 8.42 Å². The Morgan fingerprint density at radius 3 is 2.43 bits per heavy atom. The quantitative estimate of drug-likeness (QED) is 0.810. The summed E-state index contributed by atoms with van der Waals surface area (Å²) in [4.78, 5) is 0. The van der Waals surface area contributed by atoms with Crippen LogP contribution in [0.3, 0.4) is 0 Å². The molecule has 4 nitrogen and oxygen atoms in total. The van der Waals surface area contributed by atoms with Crippen LogP contribution in [0.15, 0.2) is 0 Å². The second-order valence-electron chi connectivity index (χ2n) is 6.32. The monoisotopic (exact) mass is 334 g/mol. The number of hydrogen-bond donors (Lipinski definition) is 1. The van der Waals surface area contributed by atoms with Gasteiger partial charge in [-0.3, -0.25) is 0 Å². The minimum absolute atomic E-state index is 0.294. The number of rotatable bonds is 6. The van der Waals surface area contributed by atoms with E-state index in [1.807, 2.05) is 18.7 Å². The average Bonchev–Trinajstić information content (AvgIpc) is 2.48. The number of sulfonamides is 1. The fraction of sp³-hybridized carbons (Fsp3) is 1.00. The Kier molecular flexibility index (Phi) is 6.84. The van der Waals surface area contributed by atoms with Crippen LogP contribution < -0.4 is 5.32 Å². The van der Waals surface area contributed by atoms with Crippen LogP contribution in [0.2, 0.25) is 0 Å². The molecule has 6 heteroatoms. The van der Waals surface area contributed by atoms with Crippen LogP contribution in [0.5, 0.6) is 0 Å². The summed E-state index contributed by atoms with van der Waals surface area (Å²) in [7, 11) is -3.00. The number of piperidine rings is 1. The maximum absolute atomic E-state index is 12.1. The fourth-order valence-corrected chi connectivity index (χ4v) is 6.05. The normalized spacial score (nSPS) is 29.6. The third kappa shape index (κ3) is 4.85. The molecule has 1 saturated heterocycles.